The van der Waals surface area contributed by atoms with Crippen molar-refractivity contribution < 1.29 is 14.3 Å². The number of benzene rings is 2. The van der Waals surface area contributed by atoms with E-state index < -0.39 is 5.91 Å². The van der Waals surface area contributed by atoms with Gasteiger partial charge in [0.2, 0.25) is 0 Å². The van der Waals surface area contributed by atoms with Crippen molar-refractivity contribution in [3.05, 3.63) is 86.2 Å². The highest BCUT2D eigenvalue weighted by atomic mass is 35.5. The third kappa shape index (κ3) is 5.48. The lowest BCUT2D eigenvalue weighted by molar-refractivity contribution is 0.0505. The van der Waals surface area contributed by atoms with Gasteiger partial charge in [-0.2, -0.15) is 10.4 Å². The Morgan fingerprint density at radius 3 is 2.38 bits per heavy atom. The van der Waals surface area contributed by atoms with Crippen molar-refractivity contribution in [3.8, 4) is 28.8 Å². The molecule has 0 radical (unpaired) electrons. The van der Waals surface area contributed by atoms with Gasteiger partial charge in [-0.15, -0.1) is 11.3 Å². The number of hydrogen-bond acceptors (Lipinski definition) is 7. The van der Waals surface area contributed by atoms with Crippen LogP contribution in [0.2, 0.25) is 10.0 Å². The molecule has 39 heavy (non-hydrogen) atoms. The molecule has 1 aliphatic heterocycles. The van der Waals surface area contributed by atoms with Crippen molar-refractivity contribution in [2.24, 2.45) is 0 Å². The summed E-state index contributed by atoms with van der Waals surface area (Å²) < 4.78 is 7.30. The zero-order chi connectivity index (χ0) is 27.5. The van der Waals surface area contributed by atoms with E-state index in [0.717, 1.165) is 5.56 Å². The van der Waals surface area contributed by atoms with Crippen molar-refractivity contribution in [3.63, 3.8) is 0 Å². The number of nitrogens with zero attached hydrogens (tertiary/aromatic N) is 5. The Kier molecular flexibility index (Phi) is 7.86. The minimum atomic E-state index is -0.454. The normalized spacial score (nSPS) is 13.6. The molecule has 0 saturated carbocycles. The summed E-state index contributed by atoms with van der Waals surface area (Å²) in [6.45, 7) is 1.68. The van der Waals surface area contributed by atoms with Crippen molar-refractivity contribution >= 4 is 46.4 Å². The van der Waals surface area contributed by atoms with Gasteiger partial charge in [0.05, 0.1) is 22.7 Å². The number of aromatic nitrogens is 2. The molecule has 2 amide bonds. The molecule has 0 aliphatic carbocycles. The SMILES string of the molecule is COc1c(C(=O)NN2CCN(C(=O)c3ccc(C#N)s3)CC2)nn(-c2ccccc2Cl)c1-c1ccc(Cl)cc1. The van der Waals surface area contributed by atoms with Crippen LogP contribution < -0.4 is 10.2 Å². The van der Waals surface area contributed by atoms with Gasteiger partial charge in [-0.1, -0.05) is 47.5 Å². The highest BCUT2D eigenvalue weighted by Gasteiger charge is 2.29. The van der Waals surface area contributed by atoms with E-state index in [1.165, 1.54) is 18.4 Å². The van der Waals surface area contributed by atoms with Crippen LogP contribution in [0.5, 0.6) is 5.75 Å². The maximum Gasteiger partial charge on any atom is 0.289 e. The number of rotatable bonds is 6. The molecule has 2 aromatic heterocycles. The molecule has 1 saturated heterocycles. The van der Waals surface area contributed by atoms with E-state index in [1.807, 2.05) is 24.3 Å². The van der Waals surface area contributed by atoms with Gasteiger partial charge in [0.25, 0.3) is 11.8 Å². The predicted molar refractivity (Wildman–Crippen MR) is 150 cm³/mol. The van der Waals surface area contributed by atoms with Crippen LogP contribution in [-0.2, 0) is 0 Å². The third-order valence-electron chi connectivity index (χ3n) is 6.21. The van der Waals surface area contributed by atoms with E-state index in [1.54, 1.807) is 51.0 Å². The van der Waals surface area contributed by atoms with E-state index in [0.29, 0.717) is 57.4 Å². The molecule has 0 spiro atoms. The molecule has 1 aliphatic rings. The number of halogens is 2. The average molecular weight is 581 g/mol. The standard InChI is InChI=1S/C27H22Cl2N6O3S/c1-38-25-23(26(36)32-34-14-12-33(13-15-34)27(37)22-11-10-19(16-30)39-22)31-35(21-5-3-2-4-20(21)29)24(25)17-6-8-18(28)9-7-17/h2-11H,12-15H2,1H3,(H,32,36). The zero-order valence-corrected chi connectivity index (χ0v) is 23.1. The summed E-state index contributed by atoms with van der Waals surface area (Å²) in [4.78, 5) is 29.0. The summed E-state index contributed by atoms with van der Waals surface area (Å²) in [6.07, 6.45) is 0. The van der Waals surface area contributed by atoms with Gasteiger partial charge in [0.15, 0.2) is 11.4 Å². The number of piperazine rings is 1. The number of nitriles is 1. The van der Waals surface area contributed by atoms with E-state index in [-0.39, 0.29) is 17.4 Å². The largest absolute Gasteiger partial charge is 0.492 e. The number of carbonyl (C=O) groups excluding carboxylic acids is 2. The maximum absolute atomic E-state index is 13.5. The van der Waals surface area contributed by atoms with Crippen molar-refractivity contribution in [2.75, 3.05) is 33.3 Å². The monoisotopic (exact) mass is 580 g/mol. The van der Waals surface area contributed by atoms with Gasteiger partial charge in [0.1, 0.15) is 16.6 Å². The Morgan fingerprint density at radius 1 is 1.03 bits per heavy atom. The van der Waals surface area contributed by atoms with Crippen LogP contribution in [0.15, 0.2) is 60.7 Å². The molecule has 2 aromatic carbocycles. The minimum Gasteiger partial charge on any atom is -0.492 e. The number of amides is 2. The number of nitrogens with one attached hydrogen (secondary N) is 1. The Hall–Kier alpha value is -3.88. The smallest absolute Gasteiger partial charge is 0.289 e. The minimum absolute atomic E-state index is 0.0866. The third-order valence-corrected chi connectivity index (χ3v) is 7.76. The Labute approximate surface area is 238 Å². The second-order valence-electron chi connectivity index (χ2n) is 8.60. The van der Waals surface area contributed by atoms with Crippen LogP contribution in [0.4, 0.5) is 0 Å². The lowest BCUT2D eigenvalue weighted by Gasteiger charge is -2.34. The summed E-state index contributed by atoms with van der Waals surface area (Å²) >= 11 is 13.8. The van der Waals surface area contributed by atoms with Crippen molar-refractivity contribution in [2.45, 2.75) is 0 Å². The molecule has 198 valence electrons. The van der Waals surface area contributed by atoms with Crippen LogP contribution in [0.25, 0.3) is 16.9 Å². The molecule has 3 heterocycles. The quantitative estimate of drug-likeness (QED) is 0.348. The average Bonchev–Trinajstić information content (AvgIpc) is 3.59. The first-order valence-electron chi connectivity index (χ1n) is 11.9. The first-order chi connectivity index (χ1) is 18.9. The molecule has 0 unspecified atom stereocenters. The summed E-state index contributed by atoms with van der Waals surface area (Å²) in [6, 6.07) is 19.7. The molecule has 0 atom stereocenters. The summed E-state index contributed by atoms with van der Waals surface area (Å²) in [7, 11) is 1.48. The van der Waals surface area contributed by atoms with E-state index in [4.69, 9.17) is 33.2 Å². The molecule has 9 nitrogen and oxygen atoms in total. The van der Waals surface area contributed by atoms with E-state index >= 15 is 0 Å². The van der Waals surface area contributed by atoms with Gasteiger partial charge < -0.3 is 9.64 Å². The van der Waals surface area contributed by atoms with Crippen LogP contribution in [0.1, 0.15) is 25.0 Å². The second kappa shape index (κ2) is 11.5. The number of methoxy groups -OCH3 is 1. The first-order valence-corrected chi connectivity index (χ1v) is 13.5. The Balaban J connectivity index is 1.38. The zero-order valence-electron chi connectivity index (χ0n) is 20.7. The van der Waals surface area contributed by atoms with Gasteiger partial charge in [-0.25, -0.2) is 9.69 Å². The highest BCUT2D eigenvalue weighted by Crippen LogP contribution is 2.37. The van der Waals surface area contributed by atoms with Crippen LogP contribution in [0, 0.1) is 11.3 Å². The second-order valence-corrected chi connectivity index (χ2v) is 10.5. The number of hydrazine groups is 1. The van der Waals surface area contributed by atoms with Crippen molar-refractivity contribution in [1.82, 2.24) is 25.1 Å². The first kappa shape index (κ1) is 26.7. The fourth-order valence-corrected chi connectivity index (χ4v) is 5.40. The summed E-state index contributed by atoms with van der Waals surface area (Å²) in [5, 5.41) is 16.4. The number of carbonyl (C=O) groups is 2. The molecule has 12 heteroatoms. The molecule has 1 fully saturated rings. The number of para-hydroxylation sites is 1. The number of ether oxygens (including phenoxy) is 1. The van der Waals surface area contributed by atoms with Gasteiger partial charge in [-0.05, 0) is 36.4 Å². The number of hydrogen-bond donors (Lipinski definition) is 1. The molecular formula is C27H22Cl2N6O3S. The van der Waals surface area contributed by atoms with Gasteiger partial charge in [-0.3, -0.25) is 15.0 Å². The molecule has 4 aromatic rings. The fourth-order valence-electron chi connectivity index (χ4n) is 4.29. The predicted octanol–water partition coefficient (Wildman–Crippen LogP) is 4.89. The Bertz CT molecular complexity index is 1570. The van der Waals surface area contributed by atoms with Crippen molar-refractivity contribution in [1.29, 1.82) is 5.26 Å². The van der Waals surface area contributed by atoms with Crippen LogP contribution in [-0.4, -0.2) is 64.8 Å². The number of thiophene rings is 1. The van der Waals surface area contributed by atoms with Gasteiger partial charge >= 0.3 is 0 Å². The van der Waals surface area contributed by atoms with E-state index in [9.17, 15) is 9.59 Å². The molecule has 0 bridgehead atoms. The molecule has 5 rings (SSSR count). The Morgan fingerprint density at radius 2 is 1.74 bits per heavy atom. The highest BCUT2D eigenvalue weighted by molar-refractivity contribution is 7.14. The van der Waals surface area contributed by atoms with Crippen LogP contribution >= 0.6 is 34.5 Å². The maximum atomic E-state index is 13.5. The lowest BCUT2D eigenvalue weighted by atomic mass is 10.1. The van der Waals surface area contributed by atoms with E-state index in [2.05, 4.69) is 16.6 Å². The topological polar surface area (TPSA) is 103 Å². The summed E-state index contributed by atoms with van der Waals surface area (Å²) in [5.74, 6) is -0.292. The summed E-state index contributed by atoms with van der Waals surface area (Å²) in [5.41, 5.74) is 4.86. The molecule has 1 N–H and O–H groups in total. The lowest BCUT2D eigenvalue weighted by Crippen LogP contribution is -2.54. The van der Waals surface area contributed by atoms with Gasteiger partial charge in [0, 0.05) is 36.8 Å². The molecular weight excluding hydrogens is 559 g/mol. The fraction of sp³-hybridized carbons (Fsp3) is 0.185. The van der Waals surface area contributed by atoms with Crippen LogP contribution in [0.3, 0.4) is 0 Å².